The van der Waals surface area contributed by atoms with Crippen molar-refractivity contribution in [1.29, 1.82) is 0 Å². The van der Waals surface area contributed by atoms with Crippen molar-refractivity contribution in [2.45, 2.75) is 26.8 Å². The second kappa shape index (κ2) is 8.89. The summed E-state index contributed by atoms with van der Waals surface area (Å²) in [5.74, 6) is 1.40. The predicted molar refractivity (Wildman–Crippen MR) is 127 cm³/mol. The van der Waals surface area contributed by atoms with Gasteiger partial charge in [-0.1, -0.05) is 13.8 Å². The normalized spacial score (nSPS) is 15.6. The molecule has 1 fully saturated rings. The lowest BCUT2D eigenvalue weighted by Gasteiger charge is -2.35. The number of fused-ring (bicyclic) bond motifs is 1. The van der Waals surface area contributed by atoms with Crippen LogP contribution in [0.25, 0.3) is 22.2 Å². The van der Waals surface area contributed by atoms with Gasteiger partial charge < -0.3 is 24.8 Å². The second-order valence-corrected chi connectivity index (χ2v) is 8.91. The maximum Gasteiger partial charge on any atom is 0.264 e. The van der Waals surface area contributed by atoms with E-state index in [0.29, 0.717) is 37.1 Å². The smallest absolute Gasteiger partial charge is 0.264 e. The van der Waals surface area contributed by atoms with Gasteiger partial charge in [0.2, 0.25) is 5.91 Å². The molecule has 1 saturated heterocycles. The highest BCUT2D eigenvalue weighted by Crippen LogP contribution is 2.31. The molecule has 11 heteroatoms. The summed E-state index contributed by atoms with van der Waals surface area (Å²) in [4.78, 5) is 29.3. The summed E-state index contributed by atoms with van der Waals surface area (Å²) >= 11 is 0. The third-order valence-corrected chi connectivity index (χ3v) is 6.54. The first-order valence-electron chi connectivity index (χ1n) is 11.2. The van der Waals surface area contributed by atoms with E-state index in [1.54, 1.807) is 4.57 Å². The largest absolute Gasteiger partial charge is 0.382 e. The van der Waals surface area contributed by atoms with Crippen molar-refractivity contribution >= 4 is 28.4 Å². The first-order valence-corrected chi connectivity index (χ1v) is 11.2. The number of anilines is 2. The van der Waals surface area contributed by atoms with Gasteiger partial charge in [0.1, 0.15) is 17.8 Å². The number of rotatable bonds is 6. The van der Waals surface area contributed by atoms with E-state index in [4.69, 9.17) is 15.6 Å². The Morgan fingerprint density at radius 1 is 1.24 bits per heavy atom. The number of aromatic amines is 1. The van der Waals surface area contributed by atoms with Crippen LogP contribution in [0.3, 0.4) is 0 Å². The molecule has 11 nitrogen and oxygen atoms in total. The molecule has 4 heterocycles. The van der Waals surface area contributed by atoms with E-state index in [-0.39, 0.29) is 35.9 Å². The number of carbonyl (C=O) groups excluding carboxylic acids is 1. The number of piperazine rings is 1. The van der Waals surface area contributed by atoms with Crippen molar-refractivity contribution in [2.75, 3.05) is 50.5 Å². The van der Waals surface area contributed by atoms with Crippen LogP contribution in [0.1, 0.15) is 26.8 Å². The van der Waals surface area contributed by atoms with Gasteiger partial charge in [-0.15, -0.1) is 0 Å². The van der Waals surface area contributed by atoms with Crippen LogP contribution in [0.5, 0.6) is 0 Å². The van der Waals surface area contributed by atoms with Crippen LogP contribution in [0, 0.1) is 5.92 Å². The molecule has 0 aromatic carbocycles. The van der Waals surface area contributed by atoms with Gasteiger partial charge in [0, 0.05) is 64.2 Å². The van der Waals surface area contributed by atoms with Crippen LogP contribution in [0.2, 0.25) is 0 Å². The van der Waals surface area contributed by atoms with Gasteiger partial charge >= 0.3 is 0 Å². The molecule has 178 valence electrons. The number of aryl methyl sites for hydroxylation is 1. The van der Waals surface area contributed by atoms with E-state index in [0.717, 1.165) is 17.1 Å². The molecule has 1 aliphatic heterocycles. The van der Waals surface area contributed by atoms with Crippen molar-refractivity contribution in [3.8, 4) is 11.3 Å². The summed E-state index contributed by atoms with van der Waals surface area (Å²) < 4.78 is 8.52. The Morgan fingerprint density at radius 3 is 2.58 bits per heavy atom. The van der Waals surface area contributed by atoms with E-state index in [1.807, 2.05) is 35.8 Å². The molecule has 1 atom stereocenters. The number of hydrogen-bond donors (Lipinski definition) is 2. The summed E-state index contributed by atoms with van der Waals surface area (Å²) in [5, 5.41) is 12.1. The van der Waals surface area contributed by atoms with Crippen LogP contribution < -0.4 is 16.2 Å². The van der Waals surface area contributed by atoms with Crippen LogP contribution in [0.4, 0.5) is 11.6 Å². The molecule has 33 heavy (non-hydrogen) atoms. The van der Waals surface area contributed by atoms with E-state index in [9.17, 15) is 9.59 Å². The summed E-state index contributed by atoms with van der Waals surface area (Å²) in [6, 6.07) is 1.99. The van der Waals surface area contributed by atoms with E-state index in [2.05, 4.69) is 28.9 Å². The Balaban J connectivity index is 1.70. The van der Waals surface area contributed by atoms with Crippen LogP contribution in [-0.4, -0.2) is 75.2 Å². The van der Waals surface area contributed by atoms with E-state index < -0.39 is 0 Å². The lowest BCUT2D eigenvalue weighted by molar-refractivity contribution is -0.135. The average molecular weight is 457 g/mol. The molecule has 1 amide bonds. The third-order valence-electron chi connectivity index (χ3n) is 6.54. The average Bonchev–Trinajstić information content (AvgIpc) is 3.37. The number of nitrogens with one attached hydrogen (secondary N) is 1. The number of H-pyrrole nitrogens is 1. The molecule has 1 aliphatic rings. The molecule has 3 N–H and O–H groups in total. The molecular weight excluding hydrogens is 424 g/mol. The Bertz CT molecular complexity index is 1220. The summed E-state index contributed by atoms with van der Waals surface area (Å²) in [6.07, 6.45) is 1.85. The Hall–Kier alpha value is -3.34. The molecular formula is C22H32N8O3. The number of aromatic nitrogens is 5. The first kappa shape index (κ1) is 22.8. The number of hydrogen-bond acceptors (Lipinski definition) is 7. The van der Waals surface area contributed by atoms with E-state index in [1.165, 1.54) is 7.11 Å². The highest BCUT2D eigenvalue weighted by molar-refractivity contribution is 5.97. The molecule has 0 spiro atoms. The van der Waals surface area contributed by atoms with Gasteiger partial charge in [-0.2, -0.15) is 10.2 Å². The fourth-order valence-electron chi connectivity index (χ4n) is 4.26. The van der Waals surface area contributed by atoms with Crippen molar-refractivity contribution < 1.29 is 9.53 Å². The fraction of sp³-hybridized carbons (Fsp3) is 0.545. The zero-order valence-electron chi connectivity index (χ0n) is 19.8. The SMILES string of the molecule is COCC(=O)N1CCN(c2cc(-c3cn(C(C)C(C)C)c(=O)c4c(N)n[nH]c34)nn2C)CC1. The first-order chi connectivity index (χ1) is 15.7. The Morgan fingerprint density at radius 2 is 1.94 bits per heavy atom. The quantitative estimate of drug-likeness (QED) is 0.571. The van der Waals surface area contributed by atoms with Gasteiger partial charge in [0.15, 0.2) is 5.82 Å². The fourth-order valence-corrected chi connectivity index (χ4v) is 4.26. The van der Waals surface area contributed by atoms with Gasteiger partial charge in [0.05, 0.1) is 11.2 Å². The summed E-state index contributed by atoms with van der Waals surface area (Å²) in [7, 11) is 3.42. The molecule has 1 unspecified atom stereocenters. The minimum Gasteiger partial charge on any atom is -0.382 e. The van der Waals surface area contributed by atoms with Gasteiger partial charge in [0.25, 0.3) is 5.56 Å². The molecule has 0 radical (unpaired) electrons. The zero-order valence-corrected chi connectivity index (χ0v) is 19.8. The Kier molecular flexibility index (Phi) is 6.15. The third kappa shape index (κ3) is 4.08. The van der Waals surface area contributed by atoms with Gasteiger partial charge in [-0.25, -0.2) is 0 Å². The topological polar surface area (TPSA) is 127 Å². The maximum atomic E-state index is 13.1. The standard InChI is InChI=1S/C22H32N8O3/c1-13(2)14(3)30-11-15(20-19(22(30)32)21(23)25-24-20)16-10-17(27(4)26-16)28-6-8-29(9-7-28)18(31)12-33-5/h10-11,13-14H,6-9,12H2,1-5H3,(H3,23,24,25). The van der Waals surface area contributed by atoms with Crippen LogP contribution in [-0.2, 0) is 16.6 Å². The maximum absolute atomic E-state index is 13.1. The Labute approximate surface area is 192 Å². The number of ether oxygens (including phenoxy) is 1. The summed E-state index contributed by atoms with van der Waals surface area (Å²) in [6.45, 7) is 8.93. The molecule has 0 saturated carbocycles. The van der Waals surface area contributed by atoms with Crippen molar-refractivity contribution in [3.63, 3.8) is 0 Å². The predicted octanol–water partition coefficient (Wildman–Crippen LogP) is 1.22. The number of nitrogens with two attached hydrogens (primary N) is 1. The minimum absolute atomic E-state index is 0.00333. The lowest BCUT2D eigenvalue weighted by Crippen LogP contribution is -2.50. The highest BCUT2D eigenvalue weighted by atomic mass is 16.5. The van der Waals surface area contributed by atoms with Crippen LogP contribution in [0.15, 0.2) is 17.1 Å². The number of amides is 1. The van der Waals surface area contributed by atoms with Crippen molar-refractivity contribution in [1.82, 2.24) is 29.4 Å². The van der Waals surface area contributed by atoms with Crippen molar-refractivity contribution in [2.24, 2.45) is 13.0 Å². The molecule has 3 aromatic rings. The number of pyridine rings is 1. The monoisotopic (exact) mass is 456 g/mol. The molecule has 3 aromatic heterocycles. The summed E-state index contributed by atoms with van der Waals surface area (Å²) in [5.41, 5.74) is 7.98. The van der Waals surface area contributed by atoms with Gasteiger partial charge in [-0.05, 0) is 12.8 Å². The number of nitrogen functional groups attached to an aromatic ring is 1. The minimum atomic E-state index is -0.158. The van der Waals surface area contributed by atoms with Crippen molar-refractivity contribution in [3.05, 3.63) is 22.6 Å². The van der Waals surface area contributed by atoms with Crippen LogP contribution >= 0.6 is 0 Å². The molecule has 0 aliphatic carbocycles. The van der Waals surface area contributed by atoms with E-state index >= 15 is 0 Å². The highest BCUT2D eigenvalue weighted by Gasteiger charge is 2.25. The van der Waals surface area contributed by atoms with Gasteiger partial charge in [-0.3, -0.25) is 19.4 Å². The number of methoxy groups -OCH3 is 1. The molecule has 0 bridgehead atoms. The second-order valence-electron chi connectivity index (χ2n) is 8.91. The number of carbonyl (C=O) groups is 1. The lowest BCUT2D eigenvalue weighted by atomic mass is 10.0. The number of nitrogens with zero attached hydrogens (tertiary/aromatic N) is 6. The molecule has 4 rings (SSSR count). The zero-order chi connectivity index (χ0) is 23.9.